The predicted octanol–water partition coefficient (Wildman–Crippen LogP) is 5.15. The zero-order chi connectivity index (χ0) is 18.1. The first-order valence-electron chi connectivity index (χ1n) is 8.95. The van der Waals surface area contributed by atoms with Crippen molar-refractivity contribution in [1.29, 1.82) is 0 Å². The fraction of sp³-hybridized carbons (Fsp3) is 0.227. The Morgan fingerprint density at radius 3 is 2.85 bits per heavy atom. The molecule has 26 heavy (non-hydrogen) atoms. The lowest BCUT2D eigenvalue weighted by Crippen LogP contribution is -2.11. The Bertz CT molecular complexity index is 1080. The quantitative estimate of drug-likeness (QED) is 0.507. The van der Waals surface area contributed by atoms with Gasteiger partial charge in [-0.1, -0.05) is 25.5 Å². The Morgan fingerprint density at radius 1 is 1.23 bits per heavy atom. The van der Waals surface area contributed by atoms with Gasteiger partial charge >= 0.3 is 0 Å². The highest BCUT2D eigenvalue weighted by atomic mass is 32.1. The molecule has 3 nitrogen and oxygen atoms in total. The van der Waals surface area contributed by atoms with E-state index in [1.807, 2.05) is 6.07 Å². The fourth-order valence-corrected chi connectivity index (χ4v) is 4.22. The molecule has 1 amide bonds. The number of rotatable bonds is 6. The molecule has 0 fully saturated rings. The topological polar surface area (TPSA) is 48.0 Å². The first kappa shape index (κ1) is 16.9. The Kier molecular flexibility index (Phi) is 4.51. The zero-order valence-electron chi connectivity index (χ0n) is 14.8. The number of fused-ring (bicyclic) bond motifs is 3. The summed E-state index contributed by atoms with van der Waals surface area (Å²) in [4.78, 5) is 12.0. The normalized spacial score (nSPS) is 11.4. The maximum Gasteiger partial charge on any atom is 0.249 e. The second-order valence-corrected chi connectivity index (χ2v) is 7.43. The lowest BCUT2D eigenvalue weighted by molar-refractivity contribution is 0.100. The monoisotopic (exact) mass is 361 g/mol. The third kappa shape index (κ3) is 2.90. The van der Waals surface area contributed by atoms with Gasteiger partial charge in [0, 0.05) is 22.9 Å². The van der Waals surface area contributed by atoms with Crippen LogP contribution in [0, 0.1) is 6.07 Å². The standard InChI is InChI=1S/C22H21N2OS/c1-2-3-5-15-8-9-17-20(12-15)24(13-16-10-11-26-14-16)19-7-4-6-18(21(17)19)22(23)25/h4,6-8,10-12,14H,2-3,5,13H2,1H3,(H2,23,25). The number of hydrogen-bond donors (Lipinski definition) is 1. The summed E-state index contributed by atoms with van der Waals surface area (Å²) in [5, 5.41) is 6.15. The van der Waals surface area contributed by atoms with Crippen LogP contribution in [0.1, 0.15) is 41.3 Å². The van der Waals surface area contributed by atoms with Crippen molar-refractivity contribution in [1.82, 2.24) is 4.57 Å². The maximum absolute atomic E-state index is 12.0. The van der Waals surface area contributed by atoms with Crippen molar-refractivity contribution >= 4 is 39.0 Å². The fourth-order valence-electron chi connectivity index (χ4n) is 3.57. The average Bonchev–Trinajstić information content (AvgIpc) is 3.27. The second kappa shape index (κ2) is 6.96. The van der Waals surface area contributed by atoms with Gasteiger partial charge in [0.1, 0.15) is 0 Å². The molecule has 0 spiro atoms. The minimum atomic E-state index is -0.395. The molecular formula is C22H21N2OS. The van der Waals surface area contributed by atoms with Crippen molar-refractivity contribution in [3.05, 3.63) is 69.9 Å². The number of aryl methyl sites for hydroxylation is 1. The van der Waals surface area contributed by atoms with Gasteiger partial charge in [0.15, 0.2) is 0 Å². The number of benzene rings is 2. The minimum Gasteiger partial charge on any atom is -0.366 e. The Labute approximate surface area is 157 Å². The van der Waals surface area contributed by atoms with Crippen LogP contribution in [0.5, 0.6) is 0 Å². The van der Waals surface area contributed by atoms with Gasteiger partial charge in [-0.3, -0.25) is 4.79 Å². The summed E-state index contributed by atoms with van der Waals surface area (Å²) in [5.74, 6) is -0.395. The van der Waals surface area contributed by atoms with E-state index in [0.29, 0.717) is 5.56 Å². The molecule has 4 rings (SSSR count). The van der Waals surface area contributed by atoms with Crippen LogP contribution in [0.25, 0.3) is 21.8 Å². The highest BCUT2D eigenvalue weighted by Gasteiger charge is 2.17. The van der Waals surface area contributed by atoms with E-state index in [1.54, 1.807) is 17.4 Å². The third-order valence-corrected chi connectivity index (χ3v) is 5.59. The molecule has 0 saturated carbocycles. The molecule has 0 atom stereocenters. The van der Waals surface area contributed by atoms with Crippen LogP contribution in [0.3, 0.4) is 0 Å². The number of primary amides is 1. The number of carbonyl (C=O) groups excluding carboxylic acids is 1. The molecule has 4 heteroatoms. The van der Waals surface area contributed by atoms with Gasteiger partial charge in [-0.25, -0.2) is 0 Å². The van der Waals surface area contributed by atoms with Crippen molar-refractivity contribution < 1.29 is 4.79 Å². The molecule has 2 N–H and O–H groups in total. The summed E-state index contributed by atoms with van der Waals surface area (Å²) in [6.07, 6.45) is 3.38. The van der Waals surface area contributed by atoms with E-state index in [2.05, 4.69) is 52.6 Å². The molecule has 0 saturated heterocycles. The number of thiophene rings is 1. The molecule has 0 unspecified atom stereocenters. The van der Waals surface area contributed by atoms with Crippen molar-refractivity contribution in [2.75, 3.05) is 0 Å². The molecule has 0 aliphatic rings. The molecule has 2 heterocycles. The van der Waals surface area contributed by atoms with E-state index >= 15 is 0 Å². The Hall–Kier alpha value is -2.59. The molecule has 1 radical (unpaired) electrons. The molecule has 131 valence electrons. The van der Waals surface area contributed by atoms with Gasteiger partial charge < -0.3 is 10.3 Å². The molecule has 0 bridgehead atoms. The number of nitrogens with two attached hydrogens (primary N) is 1. The summed E-state index contributed by atoms with van der Waals surface area (Å²) in [6.45, 7) is 2.98. The van der Waals surface area contributed by atoms with E-state index < -0.39 is 5.91 Å². The maximum atomic E-state index is 12.0. The third-order valence-electron chi connectivity index (χ3n) is 4.86. The van der Waals surface area contributed by atoms with Crippen LogP contribution in [-0.2, 0) is 13.0 Å². The van der Waals surface area contributed by atoms with E-state index in [9.17, 15) is 4.79 Å². The number of nitrogens with zero attached hydrogens (tertiary/aromatic N) is 1. The number of aromatic nitrogens is 1. The van der Waals surface area contributed by atoms with Crippen molar-refractivity contribution in [2.45, 2.75) is 32.7 Å². The number of amides is 1. The van der Waals surface area contributed by atoms with Crippen LogP contribution in [-0.4, -0.2) is 10.5 Å². The van der Waals surface area contributed by atoms with Crippen LogP contribution < -0.4 is 5.73 Å². The van der Waals surface area contributed by atoms with Gasteiger partial charge in [0.2, 0.25) is 5.91 Å². The molecule has 2 aromatic heterocycles. The molecule has 2 aromatic carbocycles. The summed E-state index contributed by atoms with van der Waals surface area (Å²) in [6, 6.07) is 15.7. The molecule has 0 aliphatic carbocycles. The molecule has 4 aromatic rings. The predicted molar refractivity (Wildman–Crippen MR) is 109 cm³/mol. The summed E-state index contributed by atoms with van der Waals surface area (Å²) >= 11 is 1.70. The van der Waals surface area contributed by atoms with Crippen LogP contribution >= 0.6 is 11.3 Å². The van der Waals surface area contributed by atoms with Crippen LogP contribution in [0.4, 0.5) is 0 Å². The number of hydrogen-bond acceptors (Lipinski definition) is 2. The van der Waals surface area contributed by atoms with E-state index in [1.165, 1.54) is 17.5 Å². The summed E-state index contributed by atoms with van der Waals surface area (Å²) in [7, 11) is 0. The van der Waals surface area contributed by atoms with Gasteiger partial charge in [0.25, 0.3) is 0 Å². The average molecular weight is 361 g/mol. The van der Waals surface area contributed by atoms with Crippen LogP contribution in [0.2, 0.25) is 0 Å². The number of carbonyl (C=O) groups is 1. The minimum absolute atomic E-state index is 0.395. The van der Waals surface area contributed by atoms with E-state index in [4.69, 9.17) is 5.73 Å². The first-order chi connectivity index (χ1) is 12.7. The summed E-state index contributed by atoms with van der Waals surface area (Å²) in [5.41, 5.74) is 10.9. The van der Waals surface area contributed by atoms with Gasteiger partial charge in [-0.05, 0) is 65.1 Å². The van der Waals surface area contributed by atoms with Gasteiger partial charge in [0.05, 0.1) is 11.0 Å². The second-order valence-electron chi connectivity index (χ2n) is 6.65. The van der Waals surface area contributed by atoms with Gasteiger partial charge in [-0.2, -0.15) is 11.3 Å². The highest BCUT2D eigenvalue weighted by Crippen LogP contribution is 2.33. The lowest BCUT2D eigenvalue weighted by atomic mass is 10.0. The van der Waals surface area contributed by atoms with Gasteiger partial charge in [-0.15, -0.1) is 0 Å². The Balaban J connectivity index is 1.99. The van der Waals surface area contributed by atoms with Crippen molar-refractivity contribution in [3.63, 3.8) is 0 Å². The SMILES string of the molecule is CCCCc1c[c]c2c3c(C(N)=O)cccc3n(Cc3ccsc3)c2c1. The molecular weight excluding hydrogens is 340 g/mol. The van der Waals surface area contributed by atoms with Crippen molar-refractivity contribution in [2.24, 2.45) is 5.73 Å². The summed E-state index contributed by atoms with van der Waals surface area (Å²) < 4.78 is 2.28. The zero-order valence-corrected chi connectivity index (χ0v) is 15.6. The van der Waals surface area contributed by atoms with Crippen molar-refractivity contribution in [3.8, 4) is 0 Å². The van der Waals surface area contributed by atoms with E-state index in [0.717, 1.165) is 41.2 Å². The number of unbranched alkanes of at least 4 members (excludes halogenated alkanes) is 1. The molecule has 0 aliphatic heterocycles. The van der Waals surface area contributed by atoms with Crippen LogP contribution in [0.15, 0.2) is 47.2 Å². The largest absolute Gasteiger partial charge is 0.366 e. The van der Waals surface area contributed by atoms with E-state index in [-0.39, 0.29) is 0 Å². The highest BCUT2D eigenvalue weighted by molar-refractivity contribution is 7.07. The lowest BCUT2D eigenvalue weighted by Gasteiger charge is -2.07. The Morgan fingerprint density at radius 2 is 2.12 bits per heavy atom. The first-order valence-corrected chi connectivity index (χ1v) is 9.89. The smallest absolute Gasteiger partial charge is 0.249 e.